The van der Waals surface area contributed by atoms with Crippen molar-refractivity contribution in [3.8, 4) is 0 Å². The fraction of sp³-hybridized carbons (Fsp3) is 0.267. The van der Waals surface area contributed by atoms with Crippen molar-refractivity contribution in [3.63, 3.8) is 0 Å². The van der Waals surface area contributed by atoms with Gasteiger partial charge < -0.3 is 4.90 Å². The number of aryl methyl sites for hydroxylation is 1. The van der Waals surface area contributed by atoms with Gasteiger partial charge in [-0.25, -0.2) is 4.98 Å². The molecule has 1 aliphatic heterocycles. The Balaban J connectivity index is 1.78. The minimum atomic E-state index is 0.422. The average molecular weight is 265 g/mol. The highest BCUT2D eigenvalue weighted by atomic mass is 15.4. The van der Waals surface area contributed by atoms with Gasteiger partial charge in [0.15, 0.2) is 0 Å². The third-order valence-corrected chi connectivity index (χ3v) is 3.86. The van der Waals surface area contributed by atoms with Gasteiger partial charge in [-0.15, -0.1) is 0 Å². The molecular formula is C15H15N5. The third-order valence-electron chi connectivity index (χ3n) is 3.86. The molecule has 20 heavy (non-hydrogen) atoms. The number of hydrogen-bond acceptors (Lipinski definition) is 4. The first-order valence-corrected chi connectivity index (χ1v) is 6.82. The van der Waals surface area contributed by atoms with E-state index in [1.165, 1.54) is 12.0 Å². The second-order valence-electron chi connectivity index (χ2n) is 5.14. The van der Waals surface area contributed by atoms with Gasteiger partial charge in [0.1, 0.15) is 12.1 Å². The van der Waals surface area contributed by atoms with Crippen molar-refractivity contribution in [2.24, 2.45) is 0 Å². The van der Waals surface area contributed by atoms with E-state index in [9.17, 15) is 0 Å². The van der Waals surface area contributed by atoms with Crippen molar-refractivity contribution >= 4 is 11.6 Å². The Bertz CT molecular complexity index is 749. The molecule has 1 aromatic carbocycles. The van der Waals surface area contributed by atoms with E-state index in [1.807, 2.05) is 11.4 Å². The molecule has 3 aromatic rings. The van der Waals surface area contributed by atoms with Crippen LogP contribution in [0.4, 0.5) is 5.82 Å². The molecule has 2 aromatic heterocycles. The molecule has 100 valence electrons. The monoisotopic (exact) mass is 265 g/mol. The highest BCUT2D eigenvalue weighted by Crippen LogP contribution is 2.37. The van der Waals surface area contributed by atoms with Crippen LogP contribution >= 0.6 is 0 Å². The lowest BCUT2D eigenvalue weighted by molar-refractivity contribution is 0.456. The van der Waals surface area contributed by atoms with Gasteiger partial charge >= 0.3 is 0 Å². The Kier molecular flexibility index (Phi) is 2.45. The van der Waals surface area contributed by atoms with Crippen molar-refractivity contribution in [1.29, 1.82) is 0 Å². The van der Waals surface area contributed by atoms with Crippen LogP contribution in [0.2, 0.25) is 0 Å². The second-order valence-corrected chi connectivity index (χ2v) is 5.14. The maximum absolute atomic E-state index is 4.40. The number of fused-ring (bicyclic) bond motifs is 1. The Hall–Kier alpha value is -2.43. The summed E-state index contributed by atoms with van der Waals surface area (Å²) in [5, 5.41) is 4.29. The number of anilines is 1. The van der Waals surface area contributed by atoms with E-state index in [4.69, 9.17) is 0 Å². The average Bonchev–Trinajstić information content (AvgIpc) is 2.87. The third kappa shape index (κ3) is 1.66. The molecule has 0 radical (unpaired) electrons. The van der Waals surface area contributed by atoms with Crippen molar-refractivity contribution < 1.29 is 0 Å². The first kappa shape index (κ1) is 11.4. The summed E-state index contributed by atoms with van der Waals surface area (Å²) in [6.07, 6.45) is 2.73. The van der Waals surface area contributed by atoms with Crippen molar-refractivity contribution in [1.82, 2.24) is 19.6 Å². The highest BCUT2D eigenvalue weighted by molar-refractivity contribution is 5.51. The van der Waals surface area contributed by atoms with Crippen LogP contribution in [-0.4, -0.2) is 26.1 Å². The number of nitrogens with zero attached hydrogens (tertiary/aromatic N) is 5. The minimum absolute atomic E-state index is 0.422. The molecule has 0 aliphatic carbocycles. The minimum Gasteiger partial charge on any atom is -0.349 e. The molecule has 0 amide bonds. The largest absolute Gasteiger partial charge is 0.349 e. The molecular weight excluding hydrogens is 250 g/mol. The van der Waals surface area contributed by atoms with E-state index in [1.54, 1.807) is 6.33 Å². The lowest BCUT2D eigenvalue weighted by atomic mass is 9.95. The number of aromatic nitrogens is 4. The molecule has 0 N–H and O–H groups in total. The first-order valence-electron chi connectivity index (χ1n) is 6.82. The van der Waals surface area contributed by atoms with Gasteiger partial charge in [-0.05, 0) is 18.9 Å². The summed E-state index contributed by atoms with van der Waals surface area (Å²) in [6, 6.07) is 13.1. The van der Waals surface area contributed by atoms with Gasteiger partial charge in [0, 0.05) is 18.3 Å². The molecule has 1 saturated heterocycles. The quantitative estimate of drug-likeness (QED) is 0.713. The van der Waals surface area contributed by atoms with E-state index < -0.39 is 0 Å². The lowest BCUT2D eigenvalue weighted by Crippen LogP contribution is -2.42. The van der Waals surface area contributed by atoms with Gasteiger partial charge in [-0.3, -0.25) is 0 Å². The van der Waals surface area contributed by atoms with E-state index >= 15 is 0 Å². The second kappa shape index (κ2) is 4.30. The molecule has 1 unspecified atom stereocenters. The Labute approximate surface area is 116 Å². The van der Waals surface area contributed by atoms with Crippen molar-refractivity contribution in [2.75, 3.05) is 11.4 Å². The smallest absolute Gasteiger partial charge is 0.254 e. The van der Waals surface area contributed by atoms with E-state index in [0.29, 0.717) is 11.8 Å². The van der Waals surface area contributed by atoms with Gasteiger partial charge in [-0.2, -0.15) is 14.6 Å². The summed E-state index contributed by atoms with van der Waals surface area (Å²) < 4.78 is 1.82. The van der Waals surface area contributed by atoms with E-state index in [-0.39, 0.29) is 0 Å². The van der Waals surface area contributed by atoms with Crippen LogP contribution in [-0.2, 0) is 0 Å². The predicted molar refractivity (Wildman–Crippen MR) is 76.7 cm³/mol. The van der Waals surface area contributed by atoms with Gasteiger partial charge in [0.25, 0.3) is 5.78 Å². The van der Waals surface area contributed by atoms with Crippen LogP contribution in [0.5, 0.6) is 0 Å². The molecule has 1 aliphatic rings. The summed E-state index contributed by atoms with van der Waals surface area (Å²) in [7, 11) is 0. The molecule has 0 spiro atoms. The molecule has 1 atom stereocenters. The summed E-state index contributed by atoms with van der Waals surface area (Å²) in [6.45, 7) is 3.04. The van der Waals surface area contributed by atoms with E-state index in [0.717, 1.165) is 18.1 Å². The zero-order valence-electron chi connectivity index (χ0n) is 11.3. The first-order chi connectivity index (χ1) is 9.83. The van der Waals surface area contributed by atoms with Crippen molar-refractivity contribution in [2.45, 2.75) is 19.4 Å². The molecule has 0 saturated carbocycles. The fourth-order valence-corrected chi connectivity index (χ4v) is 2.80. The predicted octanol–water partition coefficient (Wildman–Crippen LogP) is 2.38. The lowest BCUT2D eigenvalue weighted by Gasteiger charge is -2.42. The molecule has 1 fully saturated rings. The van der Waals surface area contributed by atoms with Crippen LogP contribution in [0.3, 0.4) is 0 Å². The SMILES string of the molecule is Cc1cc(N2CCC2c2ccccc2)n2ncnc2n1. The topological polar surface area (TPSA) is 46.3 Å². The molecule has 3 heterocycles. The summed E-state index contributed by atoms with van der Waals surface area (Å²) in [5.74, 6) is 1.74. The number of benzene rings is 1. The number of rotatable bonds is 2. The highest BCUT2D eigenvalue weighted by Gasteiger charge is 2.31. The van der Waals surface area contributed by atoms with Crippen LogP contribution in [0.15, 0.2) is 42.7 Å². The fourth-order valence-electron chi connectivity index (χ4n) is 2.80. The summed E-state index contributed by atoms with van der Waals surface area (Å²) in [4.78, 5) is 11.0. The molecule has 5 heteroatoms. The molecule has 0 bridgehead atoms. The molecule has 5 nitrogen and oxygen atoms in total. The van der Waals surface area contributed by atoms with Gasteiger partial charge in [-0.1, -0.05) is 30.3 Å². The molecule has 4 rings (SSSR count). The van der Waals surface area contributed by atoms with Crippen molar-refractivity contribution in [3.05, 3.63) is 54.0 Å². The van der Waals surface area contributed by atoms with Crippen LogP contribution in [0.25, 0.3) is 5.78 Å². The normalized spacial score (nSPS) is 18.2. The summed E-state index contributed by atoms with van der Waals surface area (Å²) >= 11 is 0. The maximum atomic E-state index is 4.40. The Morgan fingerprint density at radius 1 is 1.20 bits per heavy atom. The standard InChI is InChI=1S/C15H15N5/c1-11-9-14(20-15(18-11)16-10-17-20)19-8-7-13(19)12-5-3-2-4-6-12/h2-6,9-10,13H,7-8H2,1H3. The number of hydrogen-bond donors (Lipinski definition) is 0. The maximum Gasteiger partial charge on any atom is 0.254 e. The van der Waals surface area contributed by atoms with Crippen LogP contribution in [0, 0.1) is 6.92 Å². The van der Waals surface area contributed by atoms with Crippen LogP contribution in [0.1, 0.15) is 23.7 Å². The Morgan fingerprint density at radius 2 is 2.05 bits per heavy atom. The van der Waals surface area contributed by atoms with Crippen LogP contribution < -0.4 is 4.90 Å². The van der Waals surface area contributed by atoms with Gasteiger partial charge in [0.05, 0.1) is 6.04 Å². The Morgan fingerprint density at radius 3 is 2.80 bits per heavy atom. The zero-order valence-corrected chi connectivity index (χ0v) is 11.3. The summed E-state index contributed by atoms with van der Waals surface area (Å²) in [5.41, 5.74) is 2.32. The van der Waals surface area contributed by atoms with E-state index in [2.05, 4.69) is 56.4 Å². The zero-order chi connectivity index (χ0) is 13.5. The van der Waals surface area contributed by atoms with Gasteiger partial charge in [0.2, 0.25) is 0 Å².